The molecule has 0 aliphatic carbocycles. The van der Waals surface area contributed by atoms with Gasteiger partial charge in [0.2, 0.25) is 0 Å². The van der Waals surface area contributed by atoms with Gasteiger partial charge in [0, 0.05) is 5.69 Å². The third-order valence-corrected chi connectivity index (χ3v) is 8.79. The molecule has 2 heteroatoms. The number of para-hydroxylation sites is 4. The highest BCUT2D eigenvalue weighted by Gasteiger charge is 2.25. The van der Waals surface area contributed by atoms with E-state index in [9.17, 15) is 0 Å². The second-order valence-corrected chi connectivity index (χ2v) is 11.4. The zero-order valence-electron chi connectivity index (χ0n) is 23.9. The summed E-state index contributed by atoms with van der Waals surface area (Å²) < 4.78 is 6.24. The van der Waals surface area contributed by atoms with Crippen molar-refractivity contribution in [3.63, 3.8) is 0 Å². The summed E-state index contributed by atoms with van der Waals surface area (Å²) in [4.78, 5) is 2.30. The van der Waals surface area contributed by atoms with Gasteiger partial charge in [0.25, 0.3) is 0 Å². The van der Waals surface area contributed by atoms with Gasteiger partial charge >= 0.3 is 0 Å². The molecule has 0 atom stereocenters. The first-order valence-corrected chi connectivity index (χ1v) is 15.0. The molecule has 0 amide bonds. The quantitative estimate of drug-likeness (QED) is 0.199. The number of hydrogen-bond donors (Lipinski definition) is 0. The molecular weight excluding hydrogens is 534 g/mol. The normalized spacial score (nSPS) is 12.2. The Morgan fingerprint density at radius 1 is 0.364 bits per heavy atom. The molecule has 206 valence electrons. The third-order valence-electron chi connectivity index (χ3n) is 8.79. The first-order chi connectivity index (χ1) is 21.8. The minimum atomic E-state index is 0.862. The number of fused-ring (bicyclic) bond motifs is 6. The summed E-state index contributed by atoms with van der Waals surface area (Å²) >= 11 is 0. The number of rotatable bonds is 3. The van der Waals surface area contributed by atoms with Crippen molar-refractivity contribution in [3.05, 3.63) is 164 Å². The van der Waals surface area contributed by atoms with E-state index in [1.807, 2.05) is 24.3 Å². The fraction of sp³-hybridized carbons (Fsp3) is 0. The minimum Gasteiger partial charge on any atom is -0.453 e. The maximum atomic E-state index is 6.24. The fourth-order valence-electron chi connectivity index (χ4n) is 6.68. The van der Waals surface area contributed by atoms with Gasteiger partial charge < -0.3 is 9.64 Å². The van der Waals surface area contributed by atoms with Gasteiger partial charge in [-0.2, -0.15) is 0 Å². The van der Waals surface area contributed by atoms with E-state index < -0.39 is 0 Å². The van der Waals surface area contributed by atoms with E-state index in [0.717, 1.165) is 28.6 Å². The molecule has 1 aliphatic rings. The van der Waals surface area contributed by atoms with E-state index in [1.165, 1.54) is 54.6 Å². The average molecular weight is 562 g/mol. The summed E-state index contributed by atoms with van der Waals surface area (Å²) in [5, 5.41) is 7.44. The van der Waals surface area contributed by atoms with Gasteiger partial charge in [-0.3, -0.25) is 0 Å². The molecular formula is C42H27NO. The lowest BCUT2D eigenvalue weighted by molar-refractivity contribution is 0.477. The highest BCUT2D eigenvalue weighted by atomic mass is 16.5. The predicted octanol–water partition coefficient (Wildman–Crippen LogP) is 12.1. The lowest BCUT2D eigenvalue weighted by Gasteiger charge is -2.32. The largest absolute Gasteiger partial charge is 0.453 e. The van der Waals surface area contributed by atoms with Crippen LogP contribution in [-0.4, -0.2) is 0 Å². The van der Waals surface area contributed by atoms with E-state index in [2.05, 4.69) is 144 Å². The van der Waals surface area contributed by atoms with Crippen molar-refractivity contribution in [1.82, 2.24) is 0 Å². The Morgan fingerprint density at radius 2 is 0.909 bits per heavy atom. The van der Waals surface area contributed by atoms with Crippen LogP contribution in [0.1, 0.15) is 0 Å². The van der Waals surface area contributed by atoms with E-state index in [4.69, 9.17) is 4.74 Å². The van der Waals surface area contributed by atoms with Crippen molar-refractivity contribution in [1.29, 1.82) is 0 Å². The Bertz CT molecular complexity index is 2330. The minimum absolute atomic E-state index is 0.862. The van der Waals surface area contributed by atoms with Crippen LogP contribution in [0.3, 0.4) is 0 Å². The van der Waals surface area contributed by atoms with Crippen LogP contribution < -0.4 is 9.64 Å². The number of anilines is 3. The number of ether oxygens (including phenoxy) is 1. The molecule has 0 saturated heterocycles. The second kappa shape index (κ2) is 9.86. The summed E-state index contributed by atoms with van der Waals surface area (Å²) in [5.41, 5.74) is 8.14. The molecule has 1 aliphatic heterocycles. The molecule has 0 bridgehead atoms. The van der Waals surface area contributed by atoms with Crippen LogP contribution in [0.5, 0.6) is 11.5 Å². The molecule has 1 heterocycles. The van der Waals surface area contributed by atoms with E-state index in [1.54, 1.807) is 0 Å². The molecule has 8 aromatic rings. The van der Waals surface area contributed by atoms with Gasteiger partial charge in [-0.1, -0.05) is 109 Å². The molecule has 0 spiro atoms. The van der Waals surface area contributed by atoms with Gasteiger partial charge in [0.15, 0.2) is 11.5 Å². The van der Waals surface area contributed by atoms with Crippen LogP contribution in [-0.2, 0) is 0 Å². The zero-order chi connectivity index (χ0) is 29.0. The second-order valence-electron chi connectivity index (χ2n) is 11.4. The summed E-state index contributed by atoms with van der Waals surface area (Å²) in [6.07, 6.45) is 0. The van der Waals surface area contributed by atoms with Crippen LogP contribution >= 0.6 is 0 Å². The maximum absolute atomic E-state index is 6.24. The van der Waals surface area contributed by atoms with Crippen molar-refractivity contribution in [2.75, 3.05) is 4.90 Å². The lowest BCUT2D eigenvalue weighted by atomic mass is 9.90. The Balaban J connectivity index is 1.18. The first kappa shape index (κ1) is 24.7. The number of nitrogens with zero attached hydrogens (tertiary/aromatic N) is 1. The van der Waals surface area contributed by atoms with Gasteiger partial charge in [-0.05, 0) is 109 Å². The van der Waals surface area contributed by atoms with Crippen LogP contribution in [0.2, 0.25) is 0 Å². The third kappa shape index (κ3) is 3.96. The van der Waals surface area contributed by atoms with E-state index >= 15 is 0 Å². The van der Waals surface area contributed by atoms with E-state index in [-0.39, 0.29) is 0 Å². The molecule has 44 heavy (non-hydrogen) atoms. The monoisotopic (exact) mass is 561 g/mol. The van der Waals surface area contributed by atoms with Crippen LogP contribution in [0, 0.1) is 0 Å². The molecule has 0 aromatic heterocycles. The van der Waals surface area contributed by atoms with Crippen molar-refractivity contribution < 1.29 is 4.74 Å². The standard InChI is InChI=1S/C42H27NO/c1-2-10-28(11-3-1)37-26-29-12-4-5-13-30(29)27-38(37)32-20-22-35-31(24-32)18-19-33-25-34(21-23-36(33)35)43-39-14-6-8-16-41(39)44-42-17-9-7-15-40(42)43/h1-27H. The topological polar surface area (TPSA) is 12.5 Å². The summed E-state index contributed by atoms with van der Waals surface area (Å²) in [6, 6.07) is 58.7. The van der Waals surface area contributed by atoms with Crippen molar-refractivity contribution in [2.45, 2.75) is 0 Å². The van der Waals surface area contributed by atoms with Gasteiger partial charge in [-0.25, -0.2) is 0 Å². The summed E-state index contributed by atoms with van der Waals surface area (Å²) in [5.74, 6) is 1.72. The highest BCUT2D eigenvalue weighted by molar-refractivity contribution is 6.10. The highest BCUT2D eigenvalue weighted by Crippen LogP contribution is 2.50. The molecule has 0 N–H and O–H groups in total. The summed E-state index contributed by atoms with van der Waals surface area (Å²) in [7, 11) is 0. The molecule has 0 saturated carbocycles. The first-order valence-electron chi connectivity index (χ1n) is 15.0. The number of hydrogen-bond acceptors (Lipinski definition) is 2. The Kier molecular flexibility index (Phi) is 5.54. The molecule has 2 nitrogen and oxygen atoms in total. The molecule has 0 unspecified atom stereocenters. The van der Waals surface area contributed by atoms with Crippen molar-refractivity contribution in [2.24, 2.45) is 0 Å². The smallest absolute Gasteiger partial charge is 0.151 e. The van der Waals surface area contributed by atoms with Crippen molar-refractivity contribution in [3.8, 4) is 33.8 Å². The fourth-order valence-corrected chi connectivity index (χ4v) is 6.68. The van der Waals surface area contributed by atoms with Crippen LogP contribution in [0.15, 0.2) is 164 Å². The predicted molar refractivity (Wildman–Crippen MR) is 185 cm³/mol. The molecule has 0 fully saturated rings. The maximum Gasteiger partial charge on any atom is 0.151 e. The van der Waals surface area contributed by atoms with Gasteiger partial charge in [0.1, 0.15) is 0 Å². The van der Waals surface area contributed by atoms with Crippen molar-refractivity contribution >= 4 is 49.4 Å². The Labute approximate surface area is 256 Å². The van der Waals surface area contributed by atoms with Crippen LogP contribution in [0.4, 0.5) is 17.1 Å². The number of benzene rings is 8. The summed E-state index contributed by atoms with van der Waals surface area (Å²) in [6.45, 7) is 0. The molecule has 8 aromatic carbocycles. The van der Waals surface area contributed by atoms with Crippen LogP contribution in [0.25, 0.3) is 54.6 Å². The Morgan fingerprint density at radius 3 is 1.59 bits per heavy atom. The van der Waals surface area contributed by atoms with E-state index in [0.29, 0.717) is 0 Å². The lowest BCUT2D eigenvalue weighted by Crippen LogP contribution is -2.15. The molecule has 0 radical (unpaired) electrons. The van der Waals surface area contributed by atoms with Gasteiger partial charge in [-0.15, -0.1) is 0 Å². The zero-order valence-corrected chi connectivity index (χ0v) is 23.9. The SMILES string of the molecule is c1ccc(-c2cc3ccccc3cc2-c2ccc3c(ccc4cc(N5c6ccccc6Oc6ccccc65)ccc43)c2)cc1. The average Bonchev–Trinajstić information content (AvgIpc) is 3.09. The Hall–Kier alpha value is -5.86. The molecule has 9 rings (SSSR count). The van der Waals surface area contributed by atoms with Gasteiger partial charge in [0.05, 0.1) is 11.4 Å².